The topological polar surface area (TPSA) is 26.3 Å². The second-order valence-corrected chi connectivity index (χ2v) is 5.21. The zero-order valence-electron chi connectivity index (χ0n) is 11.1. The van der Waals surface area contributed by atoms with Gasteiger partial charge in [-0.2, -0.15) is 0 Å². The Kier molecular flexibility index (Phi) is 4.63. The SMILES string of the molecule is CCOc1ccc(C(=O)Sc2ccc(C)cc2)cc1. The van der Waals surface area contributed by atoms with E-state index in [1.165, 1.54) is 17.3 Å². The van der Waals surface area contributed by atoms with Crippen LogP contribution in [0.2, 0.25) is 0 Å². The summed E-state index contributed by atoms with van der Waals surface area (Å²) in [4.78, 5) is 13.1. The van der Waals surface area contributed by atoms with E-state index in [1.54, 1.807) is 12.1 Å². The van der Waals surface area contributed by atoms with E-state index in [9.17, 15) is 4.79 Å². The van der Waals surface area contributed by atoms with Gasteiger partial charge >= 0.3 is 0 Å². The molecule has 0 atom stereocenters. The lowest BCUT2D eigenvalue weighted by Crippen LogP contribution is -1.95. The van der Waals surface area contributed by atoms with Crippen LogP contribution in [-0.4, -0.2) is 11.7 Å². The summed E-state index contributed by atoms with van der Waals surface area (Å²) in [5.41, 5.74) is 1.88. The quantitative estimate of drug-likeness (QED) is 0.775. The van der Waals surface area contributed by atoms with Gasteiger partial charge in [-0.05, 0) is 62.0 Å². The summed E-state index contributed by atoms with van der Waals surface area (Å²) in [6.07, 6.45) is 0. The van der Waals surface area contributed by atoms with E-state index in [-0.39, 0.29) is 5.12 Å². The fraction of sp³-hybridized carbons (Fsp3) is 0.188. The molecular weight excluding hydrogens is 256 g/mol. The number of carbonyl (C=O) groups is 1. The smallest absolute Gasteiger partial charge is 0.224 e. The summed E-state index contributed by atoms with van der Waals surface area (Å²) in [6, 6.07) is 15.2. The van der Waals surface area contributed by atoms with E-state index in [0.717, 1.165) is 10.6 Å². The largest absolute Gasteiger partial charge is 0.494 e. The van der Waals surface area contributed by atoms with E-state index < -0.39 is 0 Å². The molecule has 2 rings (SSSR count). The van der Waals surface area contributed by atoms with Gasteiger partial charge in [0.05, 0.1) is 6.61 Å². The maximum Gasteiger partial charge on any atom is 0.224 e. The van der Waals surface area contributed by atoms with Crippen LogP contribution >= 0.6 is 11.8 Å². The van der Waals surface area contributed by atoms with Crippen molar-refractivity contribution in [1.82, 2.24) is 0 Å². The van der Waals surface area contributed by atoms with Gasteiger partial charge in [0, 0.05) is 10.5 Å². The van der Waals surface area contributed by atoms with Crippen molar-refractivity contribution in [1.29, 1.82) is 0 Å². The lowest BCUT2D eigenvalue weighted by Gasteiger charge is -2.04. The number of thioether (sulfide) groups is 1. The Morgan fingerprint density at radius 2 is 1.68 bits per heavy atom. The fourth-order valence-electron chi connectivity index (χ4n) is 1.63. The van der Waals surface area contributed by atoms with E-state index >= 15 is 0 Å². The Hall–Kier alpha value is -1.74. The molecule has 0 heterocycles. The van der Waals surface area contributed by atoms with Crippen LogP contribution in [0.15, 0.2) is 53.4 Å². The van der Waals surface area contributed by atoms with Gasteiger partial charge in [-0.3, -0.25) is 4.79 Å². The molecule has 2 aromatic carbocycles. The molecule has 0 aliphatic rings. The van der Waals surface area contributed by atoms with Gasteiger partial charge in [-0.15, -0.1) is 0 Å². The summed E-state index contributed by atoms with van der Waals surface area (Å²) < 4.78 is 5.35. The Labute approximate surface area is 117 Å². The molecule has 0 aliphatic heterocycles. The van der Waals surface area contributed by atoms with Crippen LogP contribution in [0.3, 0.4) is 0 Å². The van der Waals surface area contributed by atoms with Crippen LogP contribution in [0.4, 0.5) is 0 Å². The van der Waals surface area contributed by atoms with Crippen molar-refractivity contribution in [3.63, 3.8) is 0 Å². The highest BCUT2D eigenvalue weighted by atomic mass is 32.2. The van der Waals surface area contributed by atoms with Gasteiger partial charge in [-0.1, -0.05) is 17.7 Å². The van der Waals surface area contributed by atoms with Crippen LogP contribution in [0.25, 0.3) is 0 Å². The molecule has 0 aliphatic carbocycles. The Morgan fingerprint density at radius 1 is 1.05 bits per heavy atom. The Bertz CT molecular complexity index is 544. The van der Waals surface area contributed by atoms with Gasteiger partial charge < -0.3 is 4.74 Å². The van der Waals surface area contributed by atoms with Crippen LogP contribution in [0, 0.1) is 6.92 Å². The molecule has 19 heavy (non-hydrogen) atoms. The molecule has 0 radical (unpaired) electrons. The number of benzene rings is 2. The highest BCUT2D eigenvalue weighted by Gasteiger charge is 2.08. The third-order valence-electron chi connectivity index (χ3n) is 2.63. The molecule has 0 N–H and O–H groups in total. The predicted molar refractivity (Wildman–Crippen MR) is 79.0 cm³/mol. The minimum atomic E-state index is 0.0481. The normalized spacial score (nSPS) is 10.2. The molecule has 2 aromatic rings. The first-order valence-corrected chi connectivity index (χ1v) is 7.02. The average molecular weight is 272 g/mol. The standard InChI is InChI=1S/C16H16O2S/c1-3-18-14-8-6-13(7-9-14)16(17)19-15-10-4-12(2)5-11-15/h4-11H,3H2,1-2H3. The van der Waals surface area contributed by atoms with Crippen LogP contribution < -0.4 is 4.74 Å². The van der Waals surface area contributed by atoms with Gasteiger partial charge in [0.2, 0.25) is 5.12 Å². The van der Waals surface area contributed by atoms with E-state index in [4.69, 9.17) is 4.74 Å². The Morgan fingerprint density at radius 3 is 2.26 bits per heavy atom. The second-order valence-electron chi connectivity index (χ2n) is 4.16. The third-order valence-corrected chi connectivity index (χ3v) is 3.56. The van der Waals surface area contributed by atoms with Gasteiger partial charge in [0.15, 0.2) is 0 Å². The van der Waals surface area contributed by atoms with Crippen LogP contribution in [0.5, 0.6) is 5.75 Å². The molecule has 3 heteroatoms. The lowest BCUT2D eigenvalue weighted by molar-refractivity contribution is 0.108. The first kappa shape index (κ1) is 13.7. The maximum absolute atomic E-state index is 12.1. The number of ether oxygens (including phenoxy) is 1. The Balaban J connectivity index is 2.05. The summed E-state index contributed by atoms with van der Waals surface area (Å²) in [7, 11) is 0. The van der Waals surface area contributed by atoms with Crippen molar-refractivity contribution in [2.75, 3.05) is 6.61 Å². The minimum absolute atomic E-state index is 0.0481. The second kappa shape index (κ2) is 6.43. The van der Waals surface area contributed by atoms with Crippen molar-refractivity contribution in [3.05, 3.63) is 59.7 Å². The summed E-state index contributed by atoms with van der Waals surface area (Å²) >= 11 is 1.24. The number of hydrogen-bond acceptors (Lipinski definition) is 3. The number of carbonyl (C=O) groups excluding carboxylic acids is 1. The molecule has 0 spiro atoms. The van der Waals surface area contributed by atoms with Gasteiger partial charge in [-0.25, -0.2) is 0 Å². The first-order valence-electron chi connectivity index (χ1n) is 6.21. The molecule has 98 valence electrons. The zero-order chi connectivity index (χ0) is 13.7. The molecule has 0 aromatic heterocycles. The fourth-order valence-corrected chi connectivity index (χ4v) is 2.37. The van der Waals surface area contributed by atoms with Crippen LogP contribution in [0.1, 0.15) is 22.8 Å². The van der Waals surface area contributed by atoms with E-state index in [1.807, 2.05) is 50.2 Å². The lowest BCUT2D eigenvalue weighted by atomic mass is 10.2. The predicted octanol–water partition coefficient (Wildman–Crippen LogP) is 4.33. The molecule has 0 amide bonds. The minimum Gasteiger partial charge on any atom is -0.494 e. The molecule has 2 nitrogen and oxygen atoms in total. The first-order chi connectivity index (χ1) is 9.19. The summed E-state index contributed by atoms with van der Waals surface area (Å²) in [5.74, 6) is 0.791. The third kappa shape index (κ3) is 3.86. The van der Waals surface area contributed by atoms with Crippen molar-refractivity contribution in [2.24, 2.45) is 0 Å². The van der Waals surface area contributed by atoms with Gasteiger partial charge in [0.25, 0.3) is 0 Å². The maximum atomic E-state index is 12.1. The number of aryl methyl sites for hydroxylation is 1. The summed E-state index contributed by atoms with van der Waals surface area (Å²) in [5, 5.41) is 0.0481. The molecule has 0 saturated carbocycles. The molecule has 0 unspecified atom stereocenters. The van der Waals surface area contributed by atoms with Crippen molar-refractivity contribution in [3.8, 4) is 5.75 Å². The van der Waals surface area contributed by atoms with Crippen molar-refractivity contribution in [2.45, 2.75) is 18.7 Å². The van der Waals surface area contributed by atoms with E-state index in [0.29, 0.717) is 12.2 Å². The van der Waals surface area contributed by atoms with E-state index in [2.05, 4.69) is 0 Å². The monoisotopic (exact) mass is 272 g/mol. The molecule has 0 saturated heterocycles. The van der Waals surface area contributed by atoms with Gasteiger partial charge in [0.1, 0.15) is 5.75 Å². The average Bonchev–Trinajstić information content (AvgIpc) is 2.42. The molecule has 0 bridgehead atoms. The molecule has 0 fully saturated rings. The van der Waals surface area contributed by atoms with Crippen molar-refractivity contribution < 1.29 is 9.53 Å². The molecular formula is C16H16O2S. The highest BCUT2D eigenvalue weighted by Crippen LogP contribution is 2.24. The summed E-state index contributed by atoms with van der Waals surface area (Å²) in [6.45, 7) is 4.60. The number of hydrogen-bond donors (Lipinski definition) is 0. The van der Waals surface area contributed by atoms with Crippen molar-refractivity contribution >= 4 is 16.9 Å². The van der Waals surface area contributed by atoms with Crippen LogP contribution in [-0.2, 0) is 0 Å². The number of rotatable bonds is 4. The zero-order valence-corrected chi connectivity index (χ0v) is 11.9. The highest BCUT2D eigenvalue weighted by molar-refractivity contribution is 8.14.